The van der Waals surface area contributed by atoms with Crippen LogP contribution in [0.4, 0.5) is 0 Å². The van der Waals surface area contributed by atoms with Gasteiger partial charge in [0.05, 0.1) is 24.4 Å². The van der Waals surface area contributed by atoms with Gasteiger partial charge in [0, 0.05) is 20.1 Å². The Bertz CT molecular complexity index is 144. The van der Waals surface area contributed by atoms with E-state index < -0.39 is 0 Å². The summed E-state index contributed by atoms with van der Waals surface area (Å²) < 4.78 is 16.5. The molecular formula is C10H20O3. The predicted molar refractivity (Wildman–Crippen MR) is 50.8 cm³/mol. The lowest BCUT2D eigenvalue weighted by molar-refractivity contribution is -0.200. The van der Waals surface area contributed by atoms with Gasteiger partial charge in [0.2, 0.25) is 0 Å². The Morgan fingerprint density at radius 1 is 0.846 bits per heavy atom. The van der Waals surface area contributed by atoms with E-state index in [0.717, 1.165) is 0 Å². The van der Waals surface area contributed by atoms with Gasteiger partial charge in [-0.3, -0.25) is 0 Å². The van der Waals surface area contributed by atoms with Crippen molar-refractivity contribution in [1.82, 2.24) is 0 Å². The smallest absolute Gasteiger partial charge is 0.0881 e. The molecule has 1 aliphatic heterocycles. The van der Waals surface area contributed by atoms with Gasteiger partial charge < -0.3 is 14.2 Å². The molecule has 0 aromatic carbocycles. The van der Waals surface area contributed by atoms with Gasteiger partial charge in [0.25, 0.3) is 0 Å². The molecule has 0 saturated carbocycles. The van der Waals surface area contributed by atoms with E-state index in [-0.39, 0.29) is 24.4 Å². The maximum absolute atomic E-state index is 5.71. The second-order valence-corrected chi connectivity index (χ2v) is 3.81. The fourth-order valence-electron chi connectivity index (χ4n) is 2.35. The van der Waals surface area contributed by atoms with Crippen molar-refractivity contribution in [3.8, 4) is 0 Å². The molecule has 1 aliphatic rings. The summed E-state index contributed by atoms with van der Waals surface area (Å²) in [6.45, 7) is 6.25. The molecule has 3 heteroatoms. The second kappa shape index (κ2) is 4.40. The summed E-state index contributed by atoms with van der Waals surface area (Å²) in [5.74, 6) is 0.383. The number of hydrogen-bond donors (Lipinski definition) is 0. The standard InChI is InChI=1S/C10H20O3/c1-6-9(11-4)7(2)13-8(3)10(6)12-5/h6-10H,1-5H3/t6?,7-,8-,9-,10+/m0/s1. The largest absolute Gasteiger partial charge is 0.378 e. The van der Waals surface area contributed by atoms with Crippen LogP contribution in [0.5, 0.6) is 0 Å². The molecule has 1 rings (SSSR count). The monoisotopic (exact) mass is 188 g/mol. The molecule has 0 aromatic rings. The van der Waals surface area contributed by atoms with Gasteiger partial charge in [0.15, 0.2) is 0 Å². The highest BCUT2D eigenvalue weighted by molar-refractivity contribution is 4.88. The molecule has 0 aromatic heterocycles. The lowest BCUT2D eigenvalue weighted by Gasteiger charge is -2.42. The van der Waals surface area contributed by atoms with Gasteiger partial charge in [-0.15, -0.1) is 0 Å². The minimum atomic E-state index is 0.140. The van der Waals surface area contributed by atoms with Crippen LogP contribution >= 0.6 is 0 Å². The van der Waals surface area contributed by atoms with Crippen LogP contribution in [0.1, 0.15) is 20.8 Å². The molecule has 0 aliphatic carbocycles. The Balaban J connectivity index is 2.69. The van der Waals surface area contributed by atoms with Crippen molar-refractivity contribution >= 4 is 0 Å². The van der Waals surface area contributed by atoms with Crippen LogP contribution in [0.25, 0.3) is 0 Å². The van der Waals surface area contributed by atoms with E-state index in [1.165, 1.54) is 0 Å². The average Bonchev–Trinajstić information content (AvgIpc) is 2.04. The maximum Gasteiger partial charge on any atom is 0.0881 e. The van der Waals surface area contributed by atoms with Crippen molar-refractivity contribution < 1.29 is 14.2 Å². The molecule has 13 heavy (non-hydrogen) atoms. The first-order valence-electron chi connectivity index (χ1n) is 4.82. The van der Waals surface area contributed by atoms with Crippen LogP contribution in [0.15, 0.2) is 0 Å². The van der Waals surface area contributed by atoms with Crippen molar-refractivity contribution in [3.63, 3.8) is 0 Å². The van der Waals surface area contributed by atoms with Crippen molar-refractivity contribution in [3.05, 3.63) is 0 Å². The first-order chi connectivity index (χ1) is 6.11. The fourth-order valence-corrected chi connectivity index (χ4v) is 2.35. The third-order valence-electron chi connectivity index (χ3n) is 2.94. The first kappa shape index (κ1) is 11.0. The number of rotatable bonds is 2. The molecule has 1 unspecified atom stereocenters. The summed E-state index contributed by atoms with van der Waals surface area (Å²) in [5, 5.41) is 0. The van der Waals surface area contributed by atoms with Gasteiger partial charge >= 0.3 is 0 Å². The van der Waals surface area contributed by atoms with Gasteiger partial charge in [-0.25, -0.2) is 0 Å². The van der Waals surface area contributed by atoms with Gasteiger partial charge in [-0.2, -0.15) is 0 Å². The molecule has 0 bridgehead atoms. The topological polar surface area (TPSA) is 27.7 Å². The summed E-state index contributed by atoms with van der Waals surface area (Å²) in [6, 6.07) is 0. The minimum Gasteiger partial charge on any atom is -0.378 e. The van der Waals surface area contributed by atoms with E-state index in [0.29, 0.717) is 5.92 Å². The first-order valence-corrected chi connectivity index (χ1v) is 4.82. The Morgan fingerprint density at radius 2 is 1.23 bits per heavy atom. The molecule has 3 nitrogen and oxygen atoms in total. The van der Waals surface area contributed by atoms with Crippen molar-refractivity contribution in [2.24, 2.45) is 5.92 Å². The van der Waals surface area contributed by atoms with E-state index >= 15 is 0 Å². The summed E-state index contributed by atoms with van der Waals surface area (Å²) in [5.41, 5.74) is 0. The van der Waals surface area contributed by atoms with E-state index in [1.807, 2.05) is 13.8 Å². The molecule has 0 radical (unpaired) electrons. The molecule has 0 amide bonds. The lowest BCUT2D eigenvalue weighted by Crippen LogP contribution is -2.52. The number of ether oxygens (including phenoxy) is 3. The third kappa shape index (κ3) is 2.03. The van der Waals surface area contributed by atoms with Crippen molar-refractivity contribution in [1.29, 1.82) is 0 Å². The quantitative estimate of drug-likeness (QED) is 0.656. The Labute approximate surface area is 80.4 Å². The van der Waals surface area contributed by atoms with Gasteiger partial charge in [-0.05, 0) is 13.8 Å². The zero-order valence-corrected chi connectivity index (χ0v) is 9.11. The van der Waals surface area contributed by atoms with E-state index in [2.05, 4.69) is 6.92 Å². The molecule has 1 heterocycles. The molecule has 1 fully saturated rings. The third-order valence-corrected chi connectivity index (χ3v) is 2.94. The van der Waals surface area contributed by atoms with Crippen LogP contribution in [0.3, 0.4) is 0 Å². The minimum absolute atomic E-state index is 0.140. The summed E-state index contributed by atoms with van der Waals surface area (Å²) in [6.07, 6.45) is 0.588. The zero-order valence-electron chi connectivity index (χ0n) is 9.11. The summed E-state index contributed by atoms with van der Waals surface area (Å²) in [7, 11) is 3.45. The van der Waals surface area contributed by atoms with Crippen LogP contribution in [-0.4, -0.2) is 38.6 Å². The highest BCUT2D eigenvalue weighted by Gasteiger charge is 2.40. The van der Waals surface area contributed by atoms with E-state index in [9.17, 15) is 0 Å². The predicted octanol–water partition coefficient (Wildman–Crippen LogP) is 1.46. The molecule has 78 valence electrons. The van der Waals surface area contributed by atoms with E-state index in [4.69, 9.17) is 14.2 Å². The lowest BCUT2D eigenvalue weighted by atomic mass is 9.88. The normalized spacial score (nSPS) is 46.4. The van der Waals surface area contributed by atoms with Crippen LogP contribution in [0, 0.1) is 5.92 Å². The number of hydrogen-bond acceptors (Lipinski definition) is 3. The van der Waals surface area contributed by atoms with Crippen molar-refractivity contribution in [2.45, 2.75) is 45.2 Å². The SMILES string of the molecule is CO[C@@H]1C(C)[C@H](OC)[C@H](C)O[C@H]1C. The molecule has 5 atom stereocenters. The maximum atomic E-state index is 5.71. The summed E-state index contributed by atoms with van der Waals surface area (Å²) in [4.78, 5) is 0. The van der Waals surface area contributed by atoms with Crippen LogP contribution in [-0.2, 0) is 14.2 Å². The molecular weight excluding hydrogens is 168 g/mol. The Morgan fingerprint density at radius 3 is 1.54 bits per heavy atom. The second-order valence-electron chi connectivity index (χ2n) is 3.81. The highest BCUT2D eigenvalue weighted by atomic mass is 16.6. The Hall–Kier alpha value is -0.120. The molecule has 0 spiro atoms. The van der Waals surface area contributed by atoms with Crippen LogP contribution in [0.2, 0.25) is 0 Å². The van der Waals surface area contributed by atoms with E-state index in [1.54, 1.807) is 14.2 Å². The average molecular weight is 188 g/mol. The fraction of sp³-hybridized carbons (Fsp3) is 1.00. The Kier molecular flexibility index (Phi) is 3.71. The zero-order chi connectivity index (χ0) is 10.0. The van der Waals surface area contributed by atoms with Crippen molar-refractivity contribution in [2.75, 3.05) is 14.2 Å². The number of methoxy groups -OCH3 is 2. The van der Waals surface area contributed by atoms with Gasteiger partial charge in [-0.1, -0.05) is 6.92 Å². The summed E-state index contributed by atoms with van der Waals surface area (Å²) >= 11 is 0. The highest BCUT2D eigenvalue weighted by Crippen LogP contribution is 2.28. The molecule has 0 N–H and O–H groups in total. The van der Waals surface area contributed by atoms with Crippen LogP contribution < -0.4 is 0 Å². The molecule has 1 saturated heterocycles. The van der Waals surface area contributed by atoms with Gasteiger partial charge in [0.1, 0.15) is 0 Å².